The van der Waals surface area contributed by atoms with Crippen molar-refractivity contribution in [3.05, 3.63) is 59.7 Å². The molecule has 0 radical (unpaired) electrons. The lowest BCUT2D eigenvalue weighted by molar-refractivity contribution is 0.102. The Hall–Kier alpha value is -2.29. The molecule has 20 heavy (non-hydrogen) atoms. The maximum absolute atomic E-state index is 12.2. The summed E-state index contributed by atoms with van der Waals surface area (Å²) in [6.07, 6.45) is 0.931. The average molecular weight is 269 g/mol. The summed E-state index contributed by atoms with van der Waals surface area (Å²) in [6, 6.07) is 14.9. The number of hydrogen-bond donors (Lipinski definition) is 1. The van der Waals surface area contributed by atoms with Crippen molar-refractivity contribution in [1.29, 1.82) is 0 Å². The van der Waals surface area contributed by atoms with Crippen LogP contribution in [-0.2, 0) is 0 Å². The molecule has 1 N–H and O–H groups in total. The van der Waals surface area contributed by atoms with Crippen LogP contribution in [0.15, 0.2) is 48.5 Å². The third-order valence-electron chi connectivity index (χ3n) is 2.88. The number of anilines is 1. The second-order valence-electron chi connectivity index (χ2n) is 4.67. The van der Waals surface area contributed by atoms with E-state index in [0.717, 1.165) is 17.7 Å². The SMILES string of the molecule is CCCOc1cc(C)ccc1NC(=O)c1ccccc1. The quantitative estimate of drug-likeness (QED) is 0.889. The van der Waals surface area contributed by atoms with Gasteiger partial charge in [0.1, 0.15) is 5.75 Å². The molecule has 2 rings (SSSR count). The van der Waals surface area contributed by atoms with Crippen LogP contribution >= 0.6 is 0 Å². The maximum Gasteiger partial charge on any atom is 0.255 e. The Bertz CT molecular complexity index is 579. The van der Waals surface area contributed by atoms with E-state index >= 15 is 0 Å². The number of aryl methyl sites for hydroxylation is 1. The van der Waals surface area contributed by atoms with Crippen molar-refractivity contribution in [3.63, 3.8) is 0 Å². The number of carbonyl (C=O) groups is 1. The lowest BCUT2D eigenvalue weighted by Crippen LogP contribution is -2.13. The number of nitrogens with one attached hydrogen (secondary N) is 1. The third-order valence-corrected chi connectivity index (χ3v) is 2.88. The molecule has 0 saturated heterocycles. The smallest absolute Gasteiger partial charge is 0.255 e. The Morgan fingerprint density at radius 2 is 1.90 bits per heavy atom. The van der Waals surface area contributed by atoms with Crippen LogP contribution in [0.4, 0.5) is 5.69 Å². The summed E-state index contributed by atoms with van der Waals surface area (Å²) < 4.78 is 5.69. The lowest BCUT2D eigenvalue weighted by atomic mass is 10.2. The largest absolute Gasteiger partial charge is 0.491 e. The van der Waals surface area contributed by atoms with E-state index in [-0.39, 0.29) is 5.91 Å². The fraction of sp³-hybridized carbons (Fsp3) is 0.235. The van der Waals surface area contributed by atoms with Gasteiger partial charge < -0.3 is 10.1 Å². The van der Waals surface area contributed by atoms with Crippen molar-refractivity contribution in [2.75, 3.05) is 11.9 Å². The Balaban J connectivity index is 2.18. The number of ether oxygens (including phenoxy) is 1. The van der Waals surface area contributed by atoms with Crippen molar-refractivity contribution in [3.8, 4) is 5.75 Å². The molecule has 0 aromatic heterocycles. The highest BCUT2D eigenvalue weighted by atomic mass is 16.5. The van der Waals surface area contributed by atoms with Gasteiger partial charge in [-0.15, -0.1) is 0 Å². The summed E-state index contributed by atoms with van der Waals surface area (Å²) in [5.41, 5.74) is 2.45. The zero-order valence-corrected chi connectivity index (χ0v) is 11.8. The van der Waals surface area contributed by atoms with Gasteiger partial charge in [-0.3, -0.25) is 4.79 Å². The van der Waals surface area contributed by atoms with Crippen LogP contribution in [0.1, 0.15) is 29.3 Å². The van der Waals surface area contributed by atoms with Crippen LogP contribution in [-0.4, -0.2) is 12.5 Å². The molecule has 0 bridgehead atoms. The molecule has 0 aliphatic heterocycles. The number of amides is 1. The molecule has 0 heterocycles. The Morgan fingerprint density at radius 3 is 2.60 bits per heavy atom. The van der Waals surface area contributed by atoms with Crippen LogP contribution in [0.5, 0.6) is 5.75 Å². The summed E-state index contributed by atoms with van der Waals surface area (Å²) in [5, 5.41) is 2.90. The molecule has 2 aromatic rings. The van der Waals surface area contributed by atoms with Crippen molar-refractivity contribution < 1.29 is 9.53 Å². The van der Waals surface area contributed by atoms with Crippen molar-refractivity contribution >= 4 is 11.6 Å². The lowest BCUT2D eigenvalue weighted by Gasteiger charge is -2.13. The van der Waals surface area contributed by atoms with E-state index in [1.807, 2.05) is 43.3 Å². The summed E-state index contributed by atoms with van der Waals surface area (Å²) >= 11 is 0. The van der Waals surface area contributed by atoms with Gasteiger partial charge in [0.2, 0.25) is 0 Å². The minimum Gasteiger partial charge on any atom is -0.491 e. The second kappa shape index (κ2) is 6.75. The molecule has 3 heteroatoms. The Morgan fingerprint density at radius 1 is 1.15 bits per heavy atom. The van der Waals surface area contributed by atoms with E-state index < -0.39 is 0 Å². The highest BCUT2D eigenvalue weighted by Crippen LogP contribution is 2.26. The standard InChI is InChI=1S/C17H19NO2/c1-3-11-20-16-12-13(2)9-10-15(16)18-17(19)14-7-5-4-6-8-14/h4-10,12H,3,11H2,1-2H3,(H,18,19). The monoisotopic (exact) mass is 269 g/mol. The maximum atomic E-state index is 12.2. The molecule has 3 nitrogen and oxygen atoms in total. The molecule has 0 fully saturated rings. The fourth-order valence-corrected chi connectivity index (χ4v) is 1.85. The molecular formula is C17H19NO2. The van der Waals surface area contributed by atoms with Crippen LogP contribution in [0.25, 0.3) is 0 Å². The molecular weight excluding hydrogens is 250 g/mol. The predicted molar refractivity (Wildman–Crippen MR) is 81.4 cm³/mol. The van der Waals surface area contributed by atoms with Gasteiger partial charge in [-0.05, 0) is 43.2 Å². The van der Waals surface area contributed by atoms with Crippen LogP contribution < -0.4 is 10.1 Å². The highest BCUT2D eigenvalue weighted by molar-refractivity contribution is 6.05. The number of benzene rings is 2. The van der Waals surface area contributed by atoms with Crippen LogP contribution in [0, 0.1) is 6.92 Å². The van der Waals surface area contributed by atoms with Gasteiger partial charge in [-0.25, -0.2) is 0 Å². The summed E-state index contributed by atoms with van der Waals surface area (Å²) in [7, 11) is 0. The van der Waals surface area contributed by atoms with E-state index in [9.17, 15) is 4.79 Å². The predicted octanol–water partition coefficient (Wildman–Crippen LogP) is 4.04. The first-order valence-corrected chi connectivity index (χ1v) is 6.80. The zero-order valence-electron chi connectivity index (χ0n) is 11.8. The molecule has 0 unspecified atom stereocenters. The molecule has 104 valence electrons. The van der Waals surface area contributed by atoms with E-state index in [1.165, 1.54) is 0 Å². The first kappa shape index (κ1) is 14.1. The zero-order chi connectivity index (χ0) is 14.4. The van der Waals surface area contributed by atoms with Gasteiger partial charge in [0.25, 0.3) is 5.91 Å². The second-order valence-corrected chi connectivity index (χ2v) is 4.67. The molecule has 0 atom stereocenters. The normalized spacial score (nSPS) is 10.1. The molecule has 0 saturated carbocycles. The molecule has 2 aromatic carbocycles. The summed E-state index contributed by atoms with van der Waals surface area (Å²) in [5.74, 6) is 0.590. The molecule has 0 aliphatic carbocycles. The van der Waals surface area contributed by atoms with Crippen molar-refractivity contribution in [2.24, 2.45) is 0 Å². The van der Waals surface area contributed by atoms with Gasteiger partial charge >= 0.3 is 0 Å². The van der Waals surface area contributed by atoms with Gasteiger partial charge in [0, 0.05) is 5.56 Å². The number of carbonyl (C=O) groups excluding carboxylic acids is 1. The first-order valence-electron chi connectivity index (χ1n) is 6.80. The van der Waals surface area contributed by atoms with E-state index in [0.29, 0.717) is 17.9 Å². The van der Waals surface area contributed by atoms with Crippen molar-refractivity contribution in [1.82, 2.24) is 0 Å². The third kappa shape index (κ3) is 3.60. The van der Waals surface area contributed by atoms with E-state index in [4.69, 9.17) is 4.74 Å². The highest BCUT2D eigenvalue weighted by Gasteiger charge is 2.09. The molecule has 1 amide bonds. The first-order chi connectivity index (χ1) is 9.70. The van der Waals surface area contributed by atoms with Gasteiger partial charge in [0.05, 0.1) is 12.3 Å². The van der Waals surface area contributed by atoms with Crippen LogP contribution in [0.2, 0.25) is 0 Å². The minimum absolute atomic E-state index is 0.129. The topological polar surface area (TPSA) is 38.3 Å². The van der Waals surface area contributed by atoms with Gasteiger partial charge in [-0.2, -0.15) is 0 Å². The molecule has 0 spiro atoms. The number of rotatable bonds is 5. The Kier molecular flexibility index (Phi) is 4.77. The summed E-state index contributed by atoms with van der Waals surface area (Å²) in [6.45, 7) is 4.69. The van der Waals surface area contributed by atoms with Gasteiger partial charge in [0.15, 0.2) is 0 Å². The van der Waals surface area contributed by atoms with Crippen molar-refractivity contribution in [2.45, 2.75) is 20.3 Å². The van der Waals surface area contributed by atoms with E-state index in [2.05, 4.69) is 12.2 Å². The average Bonchev–Trinajstić information content (AvgIpc) is 2.48. The van der Waals surface area contributed by atoms with E-state index in [1.54, 1.807) is 12.1 Å². The van der Waals surface area contributed by atoms with Gasteiger partial charge in [-0.1, -0.05) is 31.2 Å². The number of hydrogen-bond acceptors (Lipinski definition) is 2. The molecule has 0 aliphatic rings. The minimum atomic E-state index is -0.129. The Labute approximate surface area is 119 Å². The summed E-state index contributed by atoms with van der Waals surface area (Å²) in [4.78, 5) is 12.2. The van der Waals surface area contributed by atoms with Crippen LogP contribution in [0.3, 0.4) is 0 Å². The fourth-order valence-electron chi connectivity index (χ4n) is 1.85.